The van der Waals surface area contributed by atoms with Gasteiger partial charge in [-0.2, -0.15) is 0 Å². The molecule has 1 aliphatic rings. The minimum atomic E-state index is -0.231. The van der Waals surface area contributed by atoms with Crippen LogP contribution in [0.3, 0.4) is 0 Å². The number of hydrogen-bond donors (Lipinski definition) is 0. The Hall–Kier alpha value is -3.32. The number of furan rings is 1. The molecule has 0 bridgehead atoms. The van der Waals surface area contributed by atoms with E-state index in [-0.39, 0.29) is 23.7 Å². The van der Waals surface area contributed by atoms with Crippen LogP contribution in [0.5, 0.6) is 11.5 Å². The van der Waals surface area contributed by atoms with Crippen molar-refractivity contribution < 1.29 is 23.1 Å². The van der Waals surface area contributed by atoms with Crippen molar-refractivity contribution in [3.05, 3.63) is 83.1 Å². The molecule has 0 saturated carbocycles. The summed E-state index contributed by atoms with van der Waals surface area (Å²) >= 11 is 0. The monoisotopic (exact) mass is 494 g/mol. The van der Waals surface area contributed by atoms with Gasteiger partial charge in [0.05, 0.1) is 26.0 Å². The van der Waals surface area contributed by atoms with Crippen molar-refractivity contribution in [2.45, 2.75) is 38.8 Å². The lowest BCUT2D eigenvalue weighted by atomic mass is 9.84. The molecule has 2 heterocycles. The first-order chi connectivity index (χ1) is 17.4. The second-order valence-electron chi connectivity index (χ2n) is 9.46. The largest absolute Gasteiger partial charge is 0.497 e. The minimum absolute atomic E-state index is 0.0915. The molecule has 0 N–H and O–H groups in total. The van der Waals surface area contributed by atoms with Crippen LogP contribution in [0.25, 0.3) is 0 Å². The number of aryl methyl sites for hydroxylation is 1. The van der Waals surface area contributed by atoms with Crippen LogP contribution < -0.4 is 9.47 Å². The number of carbonyl (C=O) groups is 1. The third-order valence-corrected chi connectivity index (χ3v) is 7.35. The maximum atomic E-state index is 14.6. The molecule has 0 radical (unpaired) electrons. The number of nitrogens with zero attached hydrogens (tertiary/aromatic N) is 2. The van der Waals surface area contributed by atoms with Crippen LogP contribution in [0.1, 0.15) is 40.1 Å². The SMILES string of the molecule is COc1ccc(OC)c(CN2CCC([C@@H](Cc3ccccc3F)N(C)C(=O)c3ccoc3C)CC2)c1. The molecule has 0 aliphatic carbocycles. The van der Waals surface area contributed by atoms with Crippen molar-refractivity contribution in [2.75, 3.05) is 34.4 Å². The molecule has 4 rings (SSSR count). The molecule has 1 aromatic heterocycles. The van der Waals surface area contributed by atoms with Crippen LogP contribution in [-0.4, -0.2) is 56.1 Å². The molecule has 7 heteroatoms. The number of amides is 1. The molecule has 6 nitrogen and oxygen atoms in total. The molecule has 192 valence electrons. The van der Waals surface area contributed by atoms with Gasteiger partial charge in [0.2, 0.25) is 0 Å². The number of rotatable bonds is 9. The molecule has 0 unspecified atom stereocenters. The Morgan fingerprint density at radius 1 is 1.11 bits per heavy atom. The number of carbonyl (C=O) groups excluding carboxylic acids is 1. The molecule has 3 aromatic rings. The van der Waals surface area contributed by atoms with Crippen LogP contribution in [0, 0.1) is 18.7 Å². The fourth-order valence-electron chi connectivity index (χ4n) is 5.20. The van der Waals surface area contributed by atoms with E-state index in [1.807, 2.05) is 37.4 Å². The first kappa shape index (κ1) is 25.8. The lowest BCUT2D eigenvalue weighted by molar-refractivity contribution is 0.0581. The van der Waals surface area contributed by atoms with Crippen LogP contribution in [0.2, 0.25) is 0 Å². The van der Waals surface area contributed by atoms with Crippen LogP contribution in [-0.2, 0) is 13.0 Å². The molecule has 2 aromatic carbocycles. The van der Waals surface area contributed by atoms with Crippen LogP contribution in [0.15, 0.2) is 59.2 Å². The van der Waals surface area contributed by atoms with Crippen molar-refractivity contribution in [2.24, 2.45) is 5.92 Å². The fourth-order valence-corrected chi connectivity index (χ4v) is 5.20. The Morgan fingerprint density at radius 2 is 1.86 bits per heavy atom. The fraction of sp³-hybridized carbons (Fsp3) is 0.414. The summed E-state index contributed by atoms with van der Waals surface area (Å²) in [6.07, 6.45) is 3.83. The highest BCUT2D eigenvalue weighted by Gasteiger charge is 2.33. The Balaban J connectivity index is 1.50. The Labute approximate surface area is 212 Å². The first-order valence-corrected chi connectivity index (χ1v) is 12.4. The average Bonchev–Trinajstić information content (AvgIpc) is 3.33. The number of piperidine rings is 1. The second kappa shape index (κ2) is 11.6. The van der Waals surface area contributed by atoms with E-state index in [1.165, 1.54) is 12.3 Å². The third-order valence-electron chi connectivity index (χ3n) is 7.35. The molecule has 1 aliphatic heterocycles. The number of ether oxygens (including phenoxy) is 2. The quantitative estimate of drug-likeness (QED) is 0.402. The molecule has 0 spiro atoms. The summed E-state index contributed by atoms with van der Waals surface area (Å²) < 4.78 is 30.9. The smallest absolute Gasteiger partial charge is 0.257 e. The van der Waals surface area contributed by atoms with Gasteiger partial charge in [0.25, 0.3) is 5.91 Å². The lowest BCUT2D eigenvalue weighted by Gasteiger charge is -2.40. The summed E-state index contributed by atoms with van der Waals surface area (Å²) in [6, 6.07) is 14.3. The molecule has 1 amide bonds. The van der Waals surface area contributed by atoms with Gasteiger partial charge >= 0.3 is 0 Å². The van der Waals surface area contributed by atoms with E-state index in [4.69, 9.17) is 13.9 Å². The normalized spacial score (nSPS) is 15.5. The highest BCUT2D eigenvalue weighted by molar-refractivity contribution is 5.95. The van der Waals surface area contributed by atoms with Crippen molar-refractivity contribution in [3.63, 3.8) is 0 Å². The number of likely N-dealkylation sites (tertiary alicyclic amines) is 1. The van der Waals surface area contributed by atoms with Crippen molar-refractivity contribution >= 4 is 5.91 Å². The van der Waals surface area contributed by atoms with Gasteiger partial charge in [0, 0.05) is 25.2 Å². The van der Waals surface area contributed by atoms with E-state index in [9.17, 15) is 9.18 Å². The predicted molar refractivity (Wildman–Crippen MR) is 137 cm³/mol. The van der Waals surface area contributed by atoms with Gasteiger partial charge in [-0.05, 0) is 81.1 Å². The van der Waals surface area contributed by atoms with Crippen LogP contribution >= 0.6 is 0 Å². The first-order valence-electron chi connectivity index (χ1n) is 12.4. The van der Waals surface area contributed by atoms with Gasteiger partial charge in [-0.1, -0.05) is 18.2 Å². The van der Waals surface area contributed by atoms with Gasteiger partial charge in [-0.15, -0.1) is 0 Å². The van der Waals surface area contributed by atoms with E-state index in [0.717, 1.165) is 49.5 Å². The highest BCUT2D eigenvalue weighted by Crippen LogP contribution is 2.31. The third kappa shape index (κ3) is 5.73. The number of methoxy groups -OCH3 is 2. The summed E-state index contributed by atoms with van der Waals surface area (Å²) in [5.74, 6) is 2.17. The zero-order valence-corrected chi connectivity index (χ0v) is 21.5. The van der Waals surface area contributed by atoms with E-state index in [0.29, 0.717) is 23.3 Å². The van der Waals surface area contributed by atoms with Gasteiger partial charge in [0.1, 0.15) is 23.1 Å². The molecular weight excluding hydrogens is 459 g/mol. The summed E-state index contributed by atoms with van der Waals surface area (Å²) in [6.45, 7) is 4.31. The van der Waals surface area contributed by atoms with Crippen molar-refractivity contribution in [3.8, 4) is 11.5 Å². The number of halogens is 1. The van der Waals surface area contributed by atoms with Gasteiger partial charge in [0.15, 0.2) is 0 Å². The zero-order chi connectivity index (χ0) is 25.7. The van der Waals surface area contributed by atoms with E-state index < -0.39 is 0 Å². The van der Waals surface area contributed by atoms with Gasteiger partial charge in [-0.25, -0.2) is 4.39 Å². The maximum Gasteiger partial charge on any atom is 0.257 e. The number of hydrogen-bond acceptors (Lipinski definition) is 5. The van der Waals surface area contributed by atoms with Gasteiger partial charge in [-0.3, -0.25) is 9.69 Å². The van der Waals surface area contributed by atoms with Crippen molar-refractivity contribution in [1.82, 2.24) is 9.80 Å². The number of benzene rings is 2. The summed E-state index contributed by atoms with van der Waals surface area (Å²) in [4.78, 5) is 17.5. The highest BCUT2D eigenvalue weighted by atomic mass is 19.1. The molecule has 1 atom stereocenters. The molecular formula is C29H35FN2O4. The molecule has 1 fully saturated rings. The van der Waals surface area contributed by atoms with E-state index in [2.05, 4.69) is 4.90 Å². The van der Waals surface area contributed by atoms with Crippen LogP contribution in [0.4, 0.5) is 4.39 Å². The van der Waals surface area contributed by atoms with Gasteiger partial charge < -0.3 is 18.8 Å². The van der Waals surface area contributed by atoms with Crippen molar-refractivity contribution in [1.29, 1.82) is 0 Å². The Morgan fingerprint density at radius 3 is 2.50 bits per heavy atom. The summed E-state index contributed by atoms with van der Waals surface area (Å²) in [5.41, 5.74) is 2.27. The second-order valence-corrected chi connectivity index (χ2v) is 9.46. The zero-order valence-electron chi connectivity index (χ0n) is 21.5. The molecule has 1 saturated heterocycles. The number of likely N-dealkylation sites (N-methyl/N-ethyl adjacent to an activating group) is 1. The van der Waals surface area contributed by atoms with E-state index >= 15 is 0 Å². The predicted octanol–water partition coefficient (Wildman–Crippen LogP) is 5.34. The summed E-state index contributed by atoms with van der Waals surface area (Å²) in [7, 11) is 5.17. The standard InChI is InChI=1S/C29H35FN2O4/c1-20-25(13-16-36-20)29(33)31(2)27(18-22-7-5-6-8-26(22)30)21-11-14-32(15-12-21)19-23-17-24(34-3)9-10-28(23)35-4/h5-10,13,16-17,21,27H,11-12,14-15,18-19H2,1-4H3/t27-/m1/s1. The average molecular weight is 495 g/mol. The minimum Gasteiger partial charge on any atom is -0.497 e. The maximum absolute atomic E-state index is 14.6. The summed E-state index contributed by atoms with van der Waals surface area (Å²) in [5, 5.41) is 0. The Bertz CT molecular complexity index is 1170. The van der Waals surface area contributed by atoms with E-state index in [1.54, 1.807) is 38.2 Å². The Kier molecular flexibility index (Phi) is 8.31. The topological polar surface area (TPSA) is 55.2 Å². The lowest BCUT2D eigenvalue weighted by Crippen LogP contribution is -2.47. The molecule has 36 heavy (non-hydrogen) atoms.